The molecule has 0 aliphatic heterocycles. The van der Waals surface area contributed by atoms with Gasteiger partial charge in [0, 0.05) is 18.1 Å². The van der Waals surface area contributed by atoms with Crippen LogP contribution in [-0.4, -0.2) is 21.7 Å². The van der Waals surface area contributed by atoms with Crippen LogP contribution in [0.1, 0.15) is 0 Å². The third-order valence-electron chi connectivity index (χ3n) is 2.07. The molecule has 0 atom stereocenters. The van der Waals surface area contributed by atoms with Crippen LogP contribution in [0.5, 0.6) is 0 Å². The smallest absolute Gasteiger partial charge is 0.423 e. The topological polar surface area (TPSA) is 45.4 Å². The molecule has 1 heterocycles. The normalized spacial score (nSPS) is 10.1. The van der Waals surface area contributed by atoms with Crippen LogP contribution in [0, 0.1) is 0 Å². The Morgan fingerprint density at radius 1 is 1.00 bits per heavy atom. The minimum absolute atomic E-state index is 0.496. The molecule has 0 spiro atoms. The molecule has 0 fully saturated rings. The van der Waals surface area contributed by atoms with Crippen molar-refractivity contribution in [1.29, 1.82) is 0 Å². The van der Waals surface area contributed by atoms with Gasteiger partial charge in [0.1, 0.15) is 0 Å². The molecule has 0 saturated heterocycles. The Bertz CT molecular complexity index is 412. The number of aromatic nitrogens is 1. The summed E-state index contributed by atoms with van der Waals surface area (Å²) < 4.78 is 1.91. The van der Waals surface area contributed by atoms with Crippen LogP contribution in [-0.2, 0) is 0 Å². The minimum atomic E-state index is -1.41. The summed E-state index contributed by atoms with van der Waals surface area (Å²) in [6.45, 7) is 0. The second-order valence-electron chi connectivity index (χ2n) is 3.06. The predicted molar refractivity (Wildman–Crippen MR) is 55.6 cm³/mol. The first kappa shape index (κ1) is 9.06. The fraction of sp³-hybridized carbons (Fsp3) is 0. The van der Waals surface area contributed by atoms with Crippen LogP contribution in [0.3, 0.4) is 0 Å². The Balaban J connectivity index is 2.41. The largest absolute Gasteiger partial charge is 0.488 e. The van der Waals surface area contributed by atoms with E-state index in [2.05, 4.69) is 0 Å². The van der Waals surface area contributed by atoms with Crippen molar-refractivity contribution in [2.24, 2.45) is 0 Å². The molecule has 4 heteroatoms. The standard InChI is InChI=1S/C10H10BNO2/c13-11(14)9-4-3-5-10(8-9)12-6-1-2-7-12/h1-8,13-14H. The zero-order valence-electron chi connectivity index (χ0n) is 7.54. The lowest BCUT2D eigenvalue weighted by molar-refractivity contribution is 0.426. The lowest BCUT2D eigenvalue weighted by Crippen LogP contribution is -2.29. The van der Waals surface area contributed by atoms with E-state index in [1.807, 2.05) is 35.2 Å². The van der Waals surface area contributed by atoms with Gasteiger partial charge in [-0.1, -0.05) is 12.1 Å². The Morgan fingerprint density at radius 2 is 1.71 bits per heavy atom. The molecule has 0 bridgehead atoms. The molecule has 0 saturated carbocycles. The lowest BCUT2D eigenvalue weighted by Gasteiger charge is -2.05. The Kier molecular flexibility index (Phi) is 2.39. The molecule has 0 aliphatic rings. The maximum absolute atomic E-state index is 8.99. The maximum atomic E-state index is 8.99. The molecule has 70 valence electrons. The number of benzene rings is 1. The maximum Gasteiger partial charge on any atom is 0.488 e. The molecule has 0 amide bonds. The van der Waals surface area contributed by atoms with Gasteiger partial charge in [-0.15, -0.1) is 0 Å². The van der Waals surface area contributed by atoms with Gasteiger partial charge in [0.15, 0.2) is 0 Å². The van der Waals surface area contributed by atoms with Crippen LogP contribution in [0.15, 0.2) is 48.8 Å². The van der Waals surface area contributed by atoms with Crippen molar-refractivity contribution < 1.29 is 10.0 Å². The summed E-state index contributed by atoms with van der Waals surface area (Å²) in [6.07, 6.45) is 3.81. The van der Waals surface area contributed by atoms with Gasteiger partial charge in [0.2, 0.25) is 0 Å². The molecule has 0 radical (unpaired) electrons. The molecule has 1 aromatic heterocycles. The average molecular weight is 187 g/mol. The monoisotopic (exact) mass is 187 g/mol. The van der Waals surface area contributed by atoms with Crippen molar-refractivity contribution in [3.05, 3.63) is 48.8 Å². The van der Waals surface area contributed by atoms with E-state index in [9.17, 15) is 0 Å². The summed E-state index contributed by atoms with van der Waals surface area (Å²) in [7, 11) is -1.41. The molecule has 3 nitrogen and oxygen atoms in total. The van der Waals surface area contributed by atoms with Crippen LogP contribution in [0.25, 0.3) is 5.69 Å². The van der Waals surface area contributed by atoms with Crippen LogP contribution >= 0.6 is 0 Å². The van der Waals surface area contributed by atoms with Gasteiger partial charge in [-0.2, -0.15) is 0 Å². The van der Waals surface area contributed by atoms with Crippen molar-refractivity contribution in [2.45, 2.75) is 0 Å². The van der Waals surface area contributed by atoms with Crippen LogP contribution in [0.4, 0.5) is 0 Å². The van der Waals surface area contributed by atoms with E-state index in [0.29, 0.717) is 5.46 Å². The zero-order chi connectivity index (χ0) is 9.97. The Labute approximate surface area is 82.4 Å². The van der Waals surface area contributed by atoms with Crippen molar-refractivity contribution >= 4 is 12.6 Å². The highest BCUT2D eigenvalue weighted by molar-refractivity contribution is 6.58. The van der Waals surface area contributed by atoms with Crippen molar-refractivity contribution in [2.75, 3.05) is 0 Å². The molecule has 0 unspecified atom stereocenters. The molecule has 14 heavy (non-hydrogen) atoms. The Morgan fingerprint density at radius 3 is 2.36 bits per heavy atom. The summed E-state index contributed by atoms with van der Waals surface area (Å²) >= 11 is 0. The first-order chi connectivity index (χ1) is 6.77. The quantitative estimate of drug-likeness (QED) is 0.657. The number of nitrogens with zero attached hydrogens (tertiary/aromatic N) is 1. The van der Waals surface area contributed by atoms with E-state index in [0.717, 1.165) is 5.69 Å². The summed E-state index contributed by atoms with van der Waals surface area (Å²) in [5, 5.41) is 18.0. The third-order valence-corrected chi connectivity index (χ3v) is 2.07. The van der Waals surface area contributed by atoms with E-state index in [1.165, 1.54) is 0 Å². The first-order valence-electron chi connectivity index (χ1n) is 4.37. The summed E-state index contributed by atoms with van der Waals surface area (Å²) in [5.41, 5.74) is 1.41. The molecule has 2 rings (SSSR count). The molecule has 0 aliphatic carbocycles. The number of rotatable bonds is 2. The highest BCUT2D eigenvalue weighted by Gasteiger charge is 2.10. The van der Waals surface area contributed by atoms with E-state index < -0.39 is 7.12 Å². The van der Waals surface area contributed by atoms with Gasteiger partial charge >= 0.3 is 7.12 Å². The van der Waals surface area contributed by atoms with E-state index >= 15 is 0 Å². The fourth-order valence-electron chi connectivity index (χ4n) is 1.35. The van der Waals surface area contributed by atoms with E-state index in [-0.39, 0.29) is 0 Å². The van der Waals surface area contributed by atoms with Gasteiger partial charge in [0.25, 0.3) is 0 Å². The zero-order valence-corrected chi connectivity index (χ0v) is 7.54. The lowest BCUT2D eigenvalue weighted by atomic mass is 9.80. The van der Waals surface area contributed by atoms with Gasteiger partial charge in [0.05, 0.1) is 0 Å². The molecule has 2 N–H and O–H groups in total. The Hall–Kier alpha value is -1.52. The SMILES string of the molecule is OB(O)c1cccc(-n2cccc2)c1. The van der Waals surface area contributed by atoms with Crippen molar-refractivity contribution in [3.63, 3.8) is 0 Å². The second-order valence-corrected chi connectivity index (χ2v) is 3.06. The first-order valence-corrected chi connectivity index (χ1v) is 4.37. The fourth-order valence-corrected chi connectivity index (χ4v) is 1.35. The van der Waals surface area contributed by atoms with Gasteiger partial charge in [-0.25, -0.2) is 0 Å². The minimum Gasteiger partial charge on any atom is -0.423 e. The van der Waals surface area contributed by atoms with Crippen molar-refractivity contribution in [3.8, 4) is 5.69 Å². The highest BCUT2D eigenvalue weighted by atomic mass is 16.4. The predicted octanol–water partition coefficient (Wildman–Crippen LogP) is 0.157. The van der Waals surface area contributed by atoms with Crippen LogP contribution < -0.4 is 5.46 Å². The number of hydrogen-bond donors (Lipinski definition) is 2. The molecule has 1 aromatic carbocycles. The van der Waals surface area contributed by atoms with Crippen LogP contribution in [0.2, 0.25) is 0 Å². The molecule has 2 aromatic rings. The molecular weight excluding hydrogens is 177 g/mol. The van der Waals surface area contributed by atoms with Gasteiger partial charge in [-0.05, 0) is 29.7 Å². The van der Waals surface area contributed by atoms with Gasteiger partial charge < -0.3 is 14.6 Å². The number of hydrogen-bond acceptors (Lipinski definition) is 2. The van der Waals surface area contributed by atoms with E-state index in [1.54, 1.807) is 18.2 Å². The summed E-state index contributed by atoms with van der Waals surface area (Å²) in [4.78, 5) is 0. The third kappa shape index (κ3) is 1.71. The second kappa shape index (κ2) is 3.70. The summed E-state index contributed by atoms with van der Waals surface area (Å²) in [5.74, 6) is 0. The average Bonchev–Trinajstić information content (AvgIpc) is 2.71. The van der Waals surface area contributed by atoms with E-state index in [4.69, 9.17) is 10.0 Å². The van der Waals surface area contributed by atoms with Crippen molar-refractivity contribution in [1.82, 2.24) is 4.57 Å². The van der Waals surface area contributed by atoms with Gasteiger partial charge in [-0.3, -0.25) is 0 Å². The summed E-state index contributed by atoms with van der Waals surface area (Å²) in [6, 6.07) is 11.0. The highest BCUT2D eigenvalue weighted by Crippen LogP contribution is 2.05. The molecular formula is C10H10BNO2.